The number of benzene rings is 2. The quantitative estimate of drug-likeness (QED) is 0.331. The summed E-state index contributed by atoms with van der Waals surface area (Å²) in [5.74, 6) is 2.07. The van der Waals surface area contributed by atoms with Gasteiger partial charge in [0.15, 0.2) is 5.96 Å². The molecule has 0 saturated heterocycles. The number of hydrogen-bond acceptors (Lipinski definition) is 3. The van der Waals surface area contributed by atoms with Crippen LogP contribution in [0.4, 0.5) is 0 Å². The van der Waals surface area contributed by atoms with Gasteiger partial charge in [-0.2, -0.15) is 0 Å². The Kier molecular flexibility index (Phi) is 11.0. The summed E-state index contributed by atoms with van der Waals surface area (Å²) in [5.41, 5.74) is 1.17. The molecule has 0 fully saturated rings. The van der Waals surface area contributed by atoms with E-state index in [0.717, 1.165) is 10.6 Å². The van der Waals surface area contributed by atoms with E-state index in [0.29, 0.717) is 24.8 Å². The zero-order chi connectivity index (χ0) is 18.8. The molecule has 0 heterocycles. The van der Waals surface area contributed by atoms with Gasteiger partial charge in [0.1, 0.15) is 11.9 Å². The van der Waals surface area contributed by atoms with E-state index in [9.17, 15) is 4.21 Å². The fraction of sp³-hybridized carbons (Fsp3) is 0.350. The highest BCUT2D eigenvalue weighted by Gasteiger charge is 2.07. The van der Waals surface area contributed by atoms with Gasteiger partial charge in [0.25, 0.3) is 0 Å². The molecule has 2 rings (SSSR count). The first-order valence-electron chi connectivity index (χ1n) is 8.69. The Morgan fingerprint density at radius 3 is 2.56 bits per heavy atom. The minimum Gasteiger partial charge on any atom is -0.489 e. The van der Waals surface area contributed by atoms with Gasteiger partial charge in [-0.05, 0) is 43.7 Å². The van der Waals surface area contributed by atoms with E-state index >= 15 is 0 Å². The molecule has 0 aromatic heterocycles. The van der Waals surface area contributed by atoms with Crippen LogP contribution in [0.2, 0.25) is 0 Å². The number of aryl methyl sites for hydroxylation is 1. The average molecular weight is 501 g/mol. The van der Waals surface area contributed by atoms with E-state index in [1.54, 1.807) is 7.05 Å². The summed E-state index contributed by atoms with van der Waals surface area (Å²) in [7, 11) is 0.705. The number of ether oxygens (including phenoxy) is 1. The van der Waals surface area contributed by atoms with E-state index < -0.39 is 10.8 Å². The zero-order valence-electron chi connectivity index (χ0n) is 16.0. The second-order valence-corrected chi connectivity index (χ2v) is 7.56. The fourth-order valence-corrected chi connectivity index (χ4v) is 3.36. The summed E-state index contributed by atoms with van der Waals surface area (Å²) in [4.78, 5) is 5.04. The lowest BCUT2D eigenvalue weighted by Crippen LogP contribution is -2.42. The lowest BCUT2D eigenvalue weighted by atomic mass is 10.2. The summed E-state index contributed by atoms with van der Waals surface area (Å²) >= 11 is 0. The van der Waals surface area contributed by atoms with Crippen LogP contribution in [-0.2, 0) is 10.8 Å². The van der Waals surface area contributed by atoms with Crippen molar-refractivity contribution in [2.45, 2.75) is 24.8 Å². The molecule has 0 amide bonds. The number of nitrogens with one attached hydrogen (secondary N) is 2. The Morgan fingerprint density at radius 2 is 1.89 bits per heavy atom. The molecule has 0 aliphatic rings. The molecule has 2 aromatic carbocycles. The Balaban J connectivity index is 0.00000364. The fourth-order valence-electron chi connectivity index (χ4n) is 2.38. The van der Waals surface area contributed by atoms with Gasteiger partial charge in [-0.3, -0.25) is 9.20 Å². The monoisotopic (exact) mass is 501 g/mol. The number of nitrogens with zero attached hydrogens (tertiary/aromatic N) is 1. The third kappa shape index (κ3) is 8.75. The molecule has 2 N–H and O–H groups in total. The van der Waals surface area contributed by atoms with Gasteiger partial charge in [0.05, 0.1) is 17.3 Å². The normalized spacial score (nSPS) is 13.2. The molecule has 2 aromatic rings. The SMILES string of the molecule is CN=C(NCCS(=O)c1ccccc1)NCC(C)Oc1cccc(C)c1.I. The number of aliphatic imine (C=N–C) groups is 1. The second kappa shape index (κ2) is 12.7. The van der Waals surface area contributed by atoms with Crippen molar-refractivity contribution in [2.24, 2.45) is 4.99 Å². The number of guanidine groups is 1. The summed E-state index contributed by atoms with van der Waals surface area (Å²) in [6.45, 7) is 5.25. The van der Waals surface area contributed by atoms with Crippen molar-refractivity contribution in [3.05, 3.63) is 60.2 Å². The van der Waals surface area contributed by atoms with Gasteiger partial charge in [0.2, 0.25) is 0 Å². The number of halogens is 1. The van der Waals surface area contributed by atoms with Crippen LogP contribution in [0.5, 0.6) is 5.75 Å². The van der Waals surface area contributed by atoms with E-state index in [-0.39, 0.29) is 30.1 Å². The van der Waals surface area contributed by atoms with Crippen LogP contribution >= 0.6 is 24.0 Å². The highest BCUT2D eigenvalue weighted by atomic mass is 127. The van der Waals surface area contributed by atoms with Crippen molar-refractivity contribution in [1.82, 2.24) is 10.6 Å². The Hall–Kier alpha value is -1.61. The molecule has 7 heteroatoms. The van der Waals surface area contributed by atoms with Gasteiger partial charge in [-0.25, -0.2) is 0 Å². The van der Waals surface area contributed by atoms with Gasteiger partial charge in [0, 0.05) is 24.2 Å². The van der Waals surface area contributed by atoms with Crippen molar-refractivity contribution in [1.29, 1.82) is 0 Å². The van der Waals surface area contributed by atoms with Gasteiger partial charge >= 0.3 is 0 Å². The topological polar surface area (TPSA) is 62.7 Å². The zero-order valence-corrected chi connectivity index (χ0v) is 19.1. The minimum atomic E-state index is -1.01. The first kappa shape index (κ1) is 23.4. The predicted molar refractivity (Wildman–Crippen MR) is 124 cm³/mol. The molecule has 0 bridgehead atoms. The molecule has 0 radical (unpaired) electrons. The summed E-state index contributed by atoms with van der Waals surface area (Å²) in [5, 5.41) is 6.42. The Morgan fingerprint density at radius 1 is 1.15 bits per heavy atom. The van der Waals surface area contributed by atoms with E-state index in [2.05, 4.69) is 15.6 Å². The molecule has 0 saturated carbocycles. The highest BCUT2D eigenvalue weighted by molar-refractivity contribution is 14.0. The van der Waals surface area contributed by atoms with Crippen LogP contribution < -0.4 is 15.4 Å². The van der Waals surface area contributed by atoms with Crippen LogP contribution in [0.1, 0.15) is 12.5 Å². The standard InChI is InChI=1S/C20H27N3O2S.HI/c1-16-8-7-9-18(14-16)25-17(2)15-23-20(21-3)22-12-13-26(24)19-10-5-4-6-11-19;/h4-11,14,17H,12-13,15H2,1-3H3,(H2,21,22,23);1H. The highest BCUT2D eigenvalue weighted by Crippen LogP contribution is 2.13. The van der Waals surface area contributed by atoms with Crippen LogP contribution in [0.25, 0.3) is 0 Å². The second-order valence-electron chi connectivity index (χ2n) is 5.99. The first-order chi connectivity index (χ1) is 12.6. The molecule has 27 heavy (non-hydrogen) atoms. The molecule has 5 nitrogen and oxygen atoms in total. The summed E-state index contributed by atoms with van der Waals surface area (Å²) in [6, 6.07) is 17.5. The third-order valence-corrected chi connectivity index (χ3v) is 5.07. The average Bonchev–Trinajstić information content (AvgIpc) is 2.65. The molecular weight excluding hydrogens is 473 g/mol. The van der Waals surface area contributed by atoms with Crippen molar-refractivity contribution in [3.8, 4) is 5.75 Å². The van der Waals surface area contributed by atoms with E-state index in [1.807, 2.05) is 68.4 Å². The smallest absolute Gasteiger partial charge is 0.191 e. The maximum atomic E-state index is 12.2. The lowest BCUT2D eigenvalue weighted by molar-refractivity contribution is 0.223. The molecule has 0 spiro atoms. The summed E-state index contributed by atoms with van der Waals surface area (Å²) < 4.78 is 18.1. The third-order valence-electron chi connectivity index (χ3n) is 3.69. The molecule has 0 aliphatic heterocycles. The van der Waals surface area contributed by atoms with Gasteiger partial charge in [-0.1, -0.05) is 30.3 Å². The van der Waals surface area contributed by atoms with Crippen LogP contribution in [-0.4, -0.2) is 42.2 Å². The maximum absolute atomic E-state index is 12.2. The predicted octanol–water partition coefficient (Wildman–Crippen LogP) is 3.35. The van der Waals surface area contributed by atoms with Crippen LogP contribution in [0.3, 0.4) is 0 Å². The van der Waals surface area contributed by atoms with Gasteiger partial charge < -0.3 is 15.4 Å². The molecule has 2 atom stereocenters. The van der Waals surface area contributed by atoms with Crippen molar-refractivity contribution in [2.75, 3.05) is 25.9 Å². The van der Waals surface area contributed by atoms with E-state index in [4.69, 9.17) is 4.74 Å². The van der Waals surface area contributed by atoms with Crippen molar-refractivity contribution in [3.63, 3.8) is 0 Å². The minimum absolute atomic E-state index is 0. The Labute approximate surface area is 181 Å². The molecule has 148 valence electrons. The maximum Gasteiger partial charge on any atom is 0.191 e. The summed E-state index contributed by atoms with van der Waals surface area (Å²) in [6.07, 6.45) is -0.00574. The van der Waals surface area contributed by atoms with Crippen molar-refractivity contribution < 1.29 is 8.95 Å². The molecule has 0 aliphatic carbocycles. The van der Waals surface area contributed by atoms with Gasteiger partial charge in [-0.15, -0.1) is 24.0 Å². The Bertz CT molecular complexity index is 741. The molecular formula is C20H28IN3O2S. The lowest BCUT2D eigenvalue weighted by Gasteiger charge is -2.18. The number of rotatable bonds is 8. The number of hydrogen-bond donors (Lipinski definition) is 2. The largest absolute Gasteiger partial charge is 0.489 e. The van der Waals surface area contributed by atoms with Crippen molar-refractivity contribution >= 4 is 40.7 Å². The van der Waals surface area contributed by atoms with E-state index in [1.165, 1.54) is 5.56 Å². The first-order valence-corrected chi connectivity index (χ1v) is 10.0. The van der Waals surface area contributed by atoms with Crippen LogP contribution in [0.15, 0.2) is 64.5 Å². The van der Waals surface area contributed by atoms with Crippen LogP contribution in [0, 0.1) is 6.92 Å². The molecule has 2 unspecified atom stereocenters.